The van der Waals surface area contributed by atoms with E-state index >= 15 is 0 Å². The van der Waals surface area contributed by atoms with Gasteiger partial charge in [-0.3, -0.25) is 4.79 Å². The smallest absolute Gasteiger partial charge is 0.241 e. The summed E-state index contributed by atoms with van der Waals surface area (Å²) in [4.78, 5) is 11.7. The largest absolute Gasteiger partial charge is 0.324 e. The molecule has 0 fully saturated rings. The van der Waals surface area contributed by atoms with Crippen molar-refractivity contribution >= 4 is 11.6 Å². The Morgan fingerprint density at radius 2 is 2.29 bits per heavy atom. The van der Waals surface area contributed by atoms with Gasteiger partial charge in [-0.05, 0) is 31.0 Å². The first-order valence-corrected chi connectivity index (χ1v) is 5.65. The highest BCUT2D eigenvalue weighted by molar-refractivity contribution is 5.95. The van der Waals surface area contributed by atoms with E-state index in [0.717, 1.165) is 12.0 Å². The van der Waals surface area contributed by atoms with Gasteiger partial charge in [-0.1, -0.05) is 19.4 Å². The van der Waals surface area contributed by atoms with Crippen molar-refractivity contribution in [1.82, 2.24) is 0 Å². The Hall–Kier alpha value is -1.86. The second-order valence-corrected chi connectivity index (χ2v) is 4.03. The van der Waals surface area contributed by atoms with Gasteiger partial charge >= 0.3 is 0 Å². The summed E-state index contributed by atoms with van der Waals surface area (Å²) in [5.74, 6) is -0.204. The summed E-state index contributed by atoms with van der Waals surface area (Å²) in [5, 5.41) is 11.5. The highest BCUT2D eigenvalue weighted by Crippen LogP contribution is 2.16. The van der Waals surface area contributed by atoms with Gasteiger partial charge in [-0.15, -0.1) is 0 Å². The number of hydrogen-bond donors (Lipinski definition) is 2. The van der Waals surface area contributed by atoms with E-state index in [0.29, 0.717) is 17.7 Å². The van der Waals surface area contributed by atoms with Gasteiger partial charge in [0.15, 0.2) is 0 Å². The molecule has 1 aromatic rings. The third-order valence-corrected chi connectivity index (χ3v) is 2.56. The summed E-state index contributed by atoms with van der Waals surface area (Å²) in [6, 6.07) is 6.73. The average molecular weight is 231 g/mol. The molecule has 0 aliphatic carbocycles. The third kappa shape index (κ3) is 3.58. The summed E-state index contributed by atoms with van der Waals surface area (Å²) in [7, 11) is 0. The van der Waals surface area contributed by atoms with E-state index < -0.39 is 6.04 Å². The lowest BCUT2D eigenvalue weighted by atomic mass is 10.1. The number of carbonyl (C=O) groups excluding carboxylic acids is 1. The maximum Gasteiger partial charge on any atom is 0.241 e. The molecule has 0 spiro atoms. The van der Waals surface area contributed by atoms with Crippen molar-refractivity contribution in [2.75, 3.05) is 5.32 Å². The lowest BCUT2D eigenvalue weighted by Gasteiger charge is -2.13. The minimum atomic E-state index is -0.495. The van der Waals surface area contributed by atoms with Crippen molar-refractivity contribution in [3.05, 3.63) is 29.3 Å². The van der Waals surface area contributed by atoms with Crippen LogP contribution >= 0.6 is 0 Å². The van der Waals surface area contributed by atoms with E-state index in [1.54, 1.807) is 18.2 Å². The summed E-state index contributed by atoms with van der Waals surface area (Å²) < 4.78 is 0. The molecular formula is C13H17N3O. The van der Waals surface area contributed by atoms with Gasteiger partial charge in [-0.25, -0.2) is 0 Å². The van der Waals surface area contributed by atoms with Crippen LogP contribution < -0.4 is 11.1 Å². The number of nitriles is 1. The molecule has 90 valence electrons. The lowest BCUT2D eigenvalue weighted by molar-refractivity contribution is -0.117. The fourth-order valence-corrected chi connectivity index (χ4v) is 1.49. The molecule has 0 aliphatic rings. The molecular weight excluding hydrogens is 214 g/mol. The van der Waals surface area contributed by atoms with Crippen LogP contribution in [-0.2, 0) is 4.79 Å². The zero-order valence-electron chi connectivity index (χ0n) is 10.2. The Morgan fingerprint density at radius 1 is 1.59 bits per heavy atom. The standard InChI is InChI=1S/C13H17N3O/c1-3-4-11(15)13(17)16-12-7-10(8-14)6-5-9(12)2/h5-7,11H,3-4,15H2,1-2H3,(H,16,17)/t11-/m0/s1. The van der Waals surface area contributed by atoms with Crippen LogP contribution in [0.1, 0.15) is 30.9 Å². The molecule has 1 rings (SSSR count). The van der Waals surface area contributed by atoms with Crippen LogP contribution in [0.4, 0.5) is 5.69 Å². The van der Waals surface area contributed by atoms with Gasteiger partial charge in [0.05, 0.1) is 17.7 Å². The fraction of sp³-hybridized carbons (Fsp3) is 0.385. The van der Waals surface area contributed by atoms with Gasteiger partial charge in [0.2, 0.25) is 5.91 Å². The van der Waals surface area contributed by atoms with E-state index in [4.69, 9.17) is 11.0 Å². The second kappa shape index (κ2) is 6.02. The SMILES string of the molecule is CCC[C@H](N)C(=O)Nc1cc(C#N)ccc1C. The van der Waals surface area contributed by atoms with Crippen molar-refractivity contribution in [3.8, 4) is 6.07 Å². The zero-order chi connectivity index (χ0) is 12.8. The monoisotopic (exact) mass is 231 g/mol. The molecule has 0 bridgehead atoms. The summed E-state index contributed by atoms with van der Waals surface area (Å²) in [5.41, 5.74) is 7.81. The van der Waals surface area contributed by atoms with E-state index in [-0.39, 0.29) is 5.91 Å². The first-order valence-electron chi connectivity index (χ1n) is 5.65. The van der Waals surface area contributed by atoms with Crippen molar-refractivity contribution < 1.29 is 4.79 Å². The maximum absolute atomic E-state index is 11.7. The molecule has 0 saturated carbocycles. The Bertz CT molecular complexity index is 448. The molecule has 0 unspecified atom stereocenters. The number of benzene rings is 1. The average Bonchev–Trinajstić information content (AvgIpc) is 2.32. The highest BCUT2D eigenvalue weighted by Gasteiger charge is 2.13. The van der Waals surface area contributed by atoms with E-state index in [1.807, 2.05) is 19.9 Å². The molecule has 0 radical (unpaired) electrons. The van der Waals surface area contributed by atoms with Crippen LogP contribution in [0.5, 0.6) is 0 Å². The number of anilines is 1. The Labute approximate surface area is 101 Å². The van der Waals surface area contributed by atoms with Gasteiger partial charge in [-0.2, -0.15) is 5.26 Å². The normalized spacial score (nSPS) is 11.6. The van der Waals surface area contributed by atoms with E-state index in [1.165, 1.54) is 0 Å². The van der Waals surface area contributed by atoms with Crippen LogP contribution in [0.15, 0.2) is 18.2 Å². The van der Waals surface area contributed by atoms with Crippen molar-refractivity contribution in [2.45, 2.75) is 32.7 Å². The van der Waals surface area contributed by atoms with Crippen LogP contribution in [0, 0.1) is 18.3 Å². The lowest BCUT2D eigenvalue weighted by Crippen LogP contribution is -2.35. The Morgan fingerprint density at radius 3 is 2.88 bits per heavy atom. The minimum absolute atomic E-state index is 0.204. The van der Waals surface area contributed by atoms with Gasteiger partial charge in [0.1, 0.15) is 0 Å². The van der Waals surface area contributed by atoms with Crippen molar-refractivity contribution in [2.24, 2.45) is 5.73 Å². The molecule has 0 aromatic heterocycles. The van der Waals surface area contributed by atoms with Crippen LogP contribution in [-0.4, -0.2) is 11.9 Å². The van der Waals surface area contributed by atoms with Crippen molar-refractivity contribution in [3.63, 3.8) is 0 Å². The zero-order valence-corrected chi connectivity index (χ0v) is 10.2. The molecule has 1 aromatic carbocycles. The molecule has 0 aliphatic heterocycles. The molecule has 1 atom stereocenters. The number of aryl methyl sites for hydroxylation is 1. The quantitative estimate of drug-likeness (QED) is 0.831. The number of nitrogens with one attached hydrogen (secondary N) is 1. The number of amides is 1. The summed E-state index contributed by atoms with van der Waals surface area (Å²) in [6.45, 7) is 3.86. The van der Waals surface area contributed by atoms with Crippen LogP contribution in [0.25, 0.3) is 0 Å². The Balaban J connectivity index is 2.81. The van der Waals surface area contributed by atoms with E-state index in [2.05, 4.69) is 5.32 Å². The summed E-state index contributed by atoms with van der Waals surface area (Å²) >= 11 is 0. The molecule has 17 heavy (non-hydrogen) atoms. The third-order valence-electron chi connectivity index (χ3n) is 2.56. The topological polar surface area (TPSA) is 78.9 Å². The molecule has 0 saturated heterocycles. The fourth-order valence-electron chi connectivity index (χ4n) is 1.49. The number of rotatable bonds is 4. The highest BCUT2D eigenvalue weighted by atomic mass is 16.2. The molecule has 4 nitrogen and oxygen atoms in total. The van der Waals surface area contributed by atoms with Gasteiger partial charge < -0.3 is 11.1 Å². The first kappa shape index (κ1) is 13.2. The number of nitrogens with zero attached hydrogens (tertiary/aromatic N) is 1. The first-order chi connectivity index (χ1) is 8.08. The number of nitrogens with two attached hydrogens (primary N) is 1. The van der Waals surface area contributed by atoms with Gasteiger partial charge in [0.25, 0.3) is 0 Å². The summed E-state index contributed by atoms with van der Waals surface area (Å²) in [6.07, 6.45) is 1.52. The van der Waals surface area contributed by atoms with Crippen molar-refractivity contribution in [1.29, 1.82) is 5.26 Å². The maximum atomic E-state index is 11.7. The van der Waals surface area contributed by atoms with Gasteiger partial charge in [0, 0.05) is 5.69 Å². The predicted octanol–water partition coefficient (Wildman–Crippen LogP) is 1.93. The molecule has 0 heterocycles. The molecule has 4 heteroatoms. The minimum Gasteiger partial charge on any atom is -0.324 e. The van der Waals surface area contributed by atoms with Crippen LogP contribution in [0.3, 0.4) is 0 Å². The molecule has 1 amide bonds. The number of hydrogen-bond acceptors (Lipinski definition) is 3. The van der Waals surface area contributed by atoms with E-state index in [9.17, 15) is 4.79 Å². The Kier molecular flexibility index (Phi) is 4.68. The molecule has 3 N–H and O–H groups in total. The van der Waals surface area contributed by atoms with Crippen LogP contribution in [0.2, 0.25) is 0 Å². The predicted molar refractivity (Wildman–Crippen MR) is 67.4 cm³/mol. The second-order valence-electron chi connectivity index (χ2n) is 4.03. The number of carbonyl (C=O) groups is 1.